The molecule has 0 aliphatic heterocycles. The van der Waals surface area contributed by atoms with E-state index >= 15 is 0 Å². The van der Waals surface area contributed by atoms with Crippen LogP contribution in [0.1, 0.15) is 20.8 Å². The second-order valence-corrected chi connectivity index (χ2v) is 3.91. The van der Waals surface area contributed by atoms with Crippen LogP contribution in [0.15, 0.2) is 0 Å². The summed E-state index contributed by atoms with van der Waals surface area (Å²) in [7, 11) is -1.33. The zero-order valence-corrected chi connectivity index (χ0v) is 7.73. The summed E-state index contributed by atoms with van der Waals surface area (Å²) in [4.78, 5) is 10.6. The van der Waals surface area contributed by atoms with E-state index in [0.29, 0.717) is 6.61 Å². The summed E-state index contributed by atoms with van der Waals surface area (Å²) in [5.41, 5.74) is 0. The monoisotopic (exact) mass is 179 g/mol. The predicted octanol–water partition coefficient (Wildman–Crippen LogP) is 0.805. The van der Waals surface area contributed by atoms with Crippen LogP contribution in [0.25, 0.3) is 0 Å². The molecule has 0 spiro atoms. The molecule has 0 fully saturated rings. The molecule has 0 heterocycles. The molecule has 1 atom stereocenters. The zero-order valence-electron chi connectivity index (χ0n) is 6.92. The van der Waals surface area contributed by atoms with E-state index in [9.17, 15) is 9.00 Å². The van der Waals surface area contributed by atoms with E-state index in [1.165, 1.54) is 0 Å². The van der Waals surface area contributed by atoms with Gasteiger partial charge >= 0.3 is 6.09 Å². The highest BCUT2D eigenvalue weighted by molar-refractivity contribution is 7.84. The molecule has 0 aromatic rings. The molecule has 0 aliphatic carbocycles. The van der Waals surface area contributed by atoms with Gasteiger partial charge in [-0.1, -0.05) is 0 Å². The number of carbonyl (C=O) groups is 1. The molecule has 0 saturated heterocycles. The SMILES string of the molecule is CCOC(=O)NS(=O)C(C)C. The number of nitrogens with one attached hydrogen (secondary N) is 1. The lowest BCUT2D eigenvalue weighted by Crippen LogP contribution is -2.30. The van der Waals surface area contributed by atoms with Crippen molar-refractivity contribution in [2.75, 3.05) is 6.61 Å². The van der Waals surface area contributed by atoms with Crippen molar-refractivity contribution in [3.05, 3.63) is 0 Å². The maximum Gasteiger partial charge on any atom is 0.419 e. The first kappa shape index (κ1) is 10.4. The summed E-state index contributed by atoms with van der Waals surface area (Å²) in [5, 5.41) is -0.0839. The molecule has 11 heavy (non-hydrogen) atoms. The van der Waals surface area contributed by atoms with Gasteiger partial charge in [0.05, 0.1) is 6.61 Å². The molecule has 4 nitrogen and oxygen atoms in total. The van der Waals surface area contributed by atoms with Crippen LogP contribution < -0.4 is 4.72 Å². The third kappa shape index (κ3) is 4.78. The fourth-order valence-electron chi connectivity index (χ4n) is 0.361. The Labute approximate surface area is 68.9 Å². The Balaban J connectivity index is 3.67. The summed E-state index contributed by atoms with van der Waals surface area (Å²) in [6.07, 6.45) is -0.625. The molecule has 1 N–H and O–H groups in total. The molecule has 0 aromatic heterocycles. The van der Waals surface area contributed by atoms with Crippen molar-refractivity contribution in [1.29, 1.82) is 0 Å². The van der Waals surface area contributed by atoms with Crippen LogP contribution in [0.4, 0.5) is 4.79 Å². The Hall–Kier alpha value is -0.580. The maximum atomic E-state index is 10.9. The minimum absolute atomic E-state index is 0.0839. The number of ether oxygens (including phenoxy) is 1. The van der Waals surface area contributed by atoms with Gasteiger partial charge in [0, 0.05) is 5.25 Å². The highest BCUT2D eigenvalue weighted by atomic mass is 32.2. The van der Waals surface area contributed by atoms with Gasteiger partial charge in [-0.3, -0.25) is 0 Å². The van der Waals surface area contributed by atoms with Crippen molar-refractivity contribution >= 4 is 17.1 Å². The first-order chi connectivity index (χ1) is 5.07. The van der Waals surface area contributed by atoms with E-state index in [4.69, 9.17) is 0 Å². The molecule has 0 aromatic carbocycles. The number of hydrogen-bond acceptors (Lipinski definition) is 3. The van der Waals surface area contributed by atoms with Crippen molar-refractivity contribution in [2.24, 2.45) is 0 Å². The lowest BCUT2D eigenvalue weighted by molar-refractivity contribution is 0.159. The Morgan fingerprint density at radius 1 is 1.64 bits per heavy atom. The first-order valence-corrected chi connectivity index (χ1v) is 4.63. The van der Waals surface area contributed by atoms with Gasteiger partial charge in [-0.2, -0.15) is 0 Å². The van der Waals surface area contributed by atoms with E-state index in [-0.39, 0.29) is 5.25 Å². The fourth-order valence-corrected chi connectivity index (χ4v) is 0.819. The Kier molecular flexibility index (Phi) is 4.85. The fraction of sp³-hybridized carbons (Fsp3) is 0.833. The standard InChI is InChI=1S/C6H13NO3S/c1-4-10-6(8)7-11(9)5(2)3/h5H,4H2,1-3H3,(H,7,8). The van der Waals surface area contributed by atoms with Gasteiger partial charge in [0.2, 0.25) is 0 Å². The van der Waals surface area contributed by atoms with Gasteiger partial charge in [-0.05, 0) is 20.8 Å². The highest BCUT2D eigenvalue weighted by Crippen LogP contribution is 1.89. The van der Waals surface area contributed by atoms with Crippen LogP contribution in [0, 0.1) is 0 Å². The molecule has 0 aliphatic rings. The Bertz CT molecular complexity index is 158. The normalized spacial score (nSPS) is 12.7. The molecular weight excluding hydrogens is 166 g/mol. The predicted molar refractivity (Wildman–Crippen MR) is 43.4 cm³/mol. The third-order valence-electron chi connectivity index (χ3n) is 0.888. The van der Waals surface area contributed by atoms with Crippen LogP contribution in [0.3, 0.4) is 0 Å². The third-order valence-corrected chi connectivity index (χ3v) is 2.11. The Morgan fingerprint density at radius 3 is 2.55 bits per heavy atom. The summed E-state index contributed by atoms with van der Waals surface area (Å²) < 4.78 is 17.6. The number of rotatable bonds is 3. The topological polar surface area (TPSA) is 55.4 Å². The van der Waals surface area contributed by atoms with Crippen LogP contribution >= 0.6 is 0 Å². The minimum atomic E-state index is -1.33. The molecule has 1 amide bonds. The van der Waals surface area contributed by atoms with Gasteiger partial charge in [0.1, 0.15) is 11.0 Å². The summed E-state index contributed by atoms with van der Waals surface area (Å²) in [5.74, 6) is 0. The van der Waals surface area contributed by atoms with Crippen LogP contribution in [0.5, 0.6) is 0 Å². The molecule has 0 saturated carbocycles. The van der Waals surface area contributed by atoms with Gasteiger partial charge < -0.3 is 4.74 Å². The second kappa shape index (κ2) is 5.12. The molecular formula is C6H13NO3S. The number of hydrogen-bond donors (Lipinski definition) is 1. The van der Waals surface area contributed by atoms with Gasteiger partial charge in [0.15, 0.2) is 0 Å². The van der Waals surface area contributed by atoms with Crippen molar-refractivity contribution < 1.29 is 13.7 Å². The van der Waals surface area contributed by atoms with Gasteiger partial charge in [-0.15, -0.1) is 0 Å². The highest BCUT2D eigenvalue weighted by Gasteiger charge is 2.08. The van der Waals surface area contributed by atoms with Crippen LogP contribution in [0.2, 0.25) is 0 Å². The summed E-state index contributed by atoms with van der Waals surface area (Å²) >= 11 is 0. The van der Waals surface area contributed by atoms with E-state index in [2.05, 4.69) is 9.46 Å². The molecule has 1 unspecified atom stereocenters. The van der Waals surface area contributed by atoms with E-state index in [0.717, 1.165) is 0 Å². The quantitative estimate of drug-likeness (QED) is 0.697. The lowest BCUT2D eigenvalue weighted by Gasteiger charge is -2.06. The lowest BCUT2D eigenvalue weighted by atomic mass is 10.6. The van der Waals surface area contributed by atoms with Gasteiger partial charge in [-0.25, -0.2) is 13.7 Å². The van der Waals surface area contributed by atoms with Crippen LogP contribution in [-0.4, -0.2) is 22.2 Å². The van der Waals surface area contributed by atoms with Crippen LogP contribution in [-0.2, 0) is 15.7 Å². The zero-order chi connectivity index (χ0) is 8.85. The van der Waals surface area contributed by atoms with Crippen molar-refractivity contribution in [2.45, 2.75) is 26.0 Å². The average Bonchev–Trinajstić information content (AvgIpc) is 1.87. The molecule has 0 radical (unpaired) electrons. The number of carbonyl (C=O) groups excluding carboxylic acids is 1. The first-order valence-electron chi connectivity index (χ1n) is 3.42. The molecule has 0 bridgehead atoms. The van der Waals surface area contributed by atoms with E-state index in [1.807, 2.05) is 0 Å². The Morgan fingerprint density at radius 2 is 2.18 bits per heavy atom. The van der Waals surface area contributed by atoms with E-state index in [1.54, 1.807) is 20.8 Å². The summed E-state index contributed by atoms with van der Waals surface area (Å²) in [6, 6.07) is 0. The largest absolute Gasteiger partial charge is 0.449 e. The molecule has 66 valence electrons. The smallest absolute Gasteiger partial charge is 0.419 e. The van der Waals surface area contributed by atoms with Gasteiger partial charge in [0.25, 0.3) is 0 Å². The molecule has 5 heteroatoms. The van der Waals surface area contributed by atoms with E-state index < -0.39 is 17.1 Å². The minimum Gasteiger partial charge on any atom is -0.449 e. The molecule has 0 rings (SSSR count). The summed E-state index contributed by atoms with van der Waals surface area (Å²) in [6.45, 7) is 5.49. The van der Waals surface area contributed by atoms with Crippen molar-refractivity contribution in [1.82, 2.24) is 4.72 Å². The van der Waals surface area contributed by atoms with Crippen molar-refractivity contribution in [3.63, 3.8) is 0 Å². The average molecular weight is 179 g/mol. The van der Waals surface area contributed by atoms with Crippen molar-refractivity contribution in [3.8, 4) is 0 Å². The maximum absolute atomic E-state index is 10.9. The number of amides is 1. The second-order valence-electron chi connectivity index (χ2n) is 2.17.